The summed E-state index contributed by atoms with van der Waals surface area (Å²) in [4.78, 5) is 15.0. The molecule has 76 valence electrons. The molecule has 0 atom stereocenters. The minimum Gasteiger partial charge on any atom is -0.428 e. The van der Waals surface area contributed by atoms with Crippen molar-refractivity contribution in [2.24, 2.45) is 0 Å². The molecule has 14 heavy (non-hydrogen) atoms. The molecule has 0 aliphatic rings. The Morgan fingerprint density at radius 1 is 1.36 bits per heavy atom. The van der Waals surface area contributed by atoms with Crippen molar-refractivity contribution in [3.63, 3.8) is 0 Å². The first-order chi connectivity index (χ1) is 6.47. The Kier molecular flexibility index (Phi) is 3.06. The Labute approximate surface area is 82.9 Å². The largest absolute Gasteiger partial charge is 0.515 e. The van der Waals surface area contributed by atoms with Gasteiger partial charge in [0.15, 0.2) is 0 Å². The molecular formula is C10H13NO3. The Balaban J connectivity index is 2.50. The minimum atomic E-state index is -0.740. The molecule has 1 aromatic heterocycles. The Morgan fingerprint density at radius 2 is 2.07 bits per heavy atom. The van der Waals surface area contributed by atoms with Crippen molar-refractivity contribution in [1.82, 2.24) is 4.98 Å². The van der Waals surface area contributed by atoms with Gasteiger partial charge in [0.25, 0.3) is 0 Å². The molecule has 1 rings (SSSR count). The molecule has 0 bridgehead atoms. The molecule has 0 aromatic carbocycles. The number of hydrogen-bond acceptors (Lipinski definition) is 4. The molecule has 4 heteroatoms. The lowest BCUT2D eigenvalue weighted by Crippen LogP contribution is -2.26. The highest BCUT2D eigenvalue weighted by Crippen LogP contribution is 2.10. The van der Waals surface area contributed by atoms with Gasteiger partial charge in [-0.25, -0.2) is 9.78 Å². The molecular weight excluding hydrogens is 182 g/mol. The Morgan fingerprint density at radius 3 is 2.57 bits per heavy atom. The molecule has 0 spiro atoms. The molecule has 0 aliphatic carbocycles. The van der Waals surface area contributed by atoms with Crippen LogP contribution in [0.1, 0.15) is 20.8 Å². The van der Waals surface area contributed by atoms with Crippen LogP contribution in [0.15, 0.2) is 24.4 Å². The normalized spacial score (nSPS) is 10.8. The first-order valence-electron chi connectivity index (χ1n) is 4.29. The predicted molar refractivity (Wildman–Crippen MR) is 51.1 cm³/mol. The molecule has 4 nitrogen and oxygen atoms in total. The topological polar surface area (TPSA) is 48.4 Å². The summed E-state index contributed by atoms with van der Waals surface area (Å²) in [5.74, 6) is 0.238. The third-order valence-electron chi connectivity index (χ3n) is 1.22. The van der Waals surface area contributed by atoms with Gasteiger partial charge in [-0.05, 0) is 26.8 Å². The highest BCUT2D eigenvalue weighted by Gasteiger charge is 2.18. The Hall–Kier alpha value is -1.58. The van der Waals surface area contributed by atoms with Crippen LogP contribution in [-0.4, -0.2) is 16.7 Å². The van der Waals surface area contributed by atoms with Gasteiger partial charge in [-0.15, -0.1) is 0 Å². The van der Waals surface area contributed by atoms with Crippen LogP contribution in [0.3, 0.4) is 0 Å². The highest BCUT2D eigenvalue weighted by atomic mass is 16.7. The molecule has 0 fully saturated rings. The molecule has 1 aromatic rings. The molecule has 0 unspecified atom stereocenters. The van der Waals surface area contributed by atoms with Crippen molar-refractivity contribution in [1.29, 1.82) is 0 Å². The molecule has 0 saturated carbocycles. The molecule has 0 radical (unpaired) electrons. The van der Waals surface area contributed by atoms with E-state index < -0.39 is 11.8 Å². The van der Waals surface area contributed by atoms with Crippen molar-refractivity contribution in [3.05, 3.63) is 24.4 Å². The van der Waals surface area contributed by atoms with E-state index in [2.05, 4.69) is 4.98 Å². The van der Waals surface area contributed by atoms with Crippen LogP contribution in [0.5, 0.6) is 5.88 Å². The average molecular weight is 195 g/mol. The van der Waals surface area contributed by atoms with Crippen molar-refractivity contribution < 1.29 is 14.3 Å². The first kappa shape index (κ1) is 10.5. The average Bonchev–Trinajstić information content (AvgIpc) is 2.02. The van der Waals surface area contributed by atoms with E-state index in [1.165, 1.54) is 0 Å². The second-order valence-electron chi connectivity index (χ2n) is 3.73. The predicted octanol–water partition coefficient (Wildman–Crippen LogP) is 2.40. The zero-order valence-corrected chi connectivity index (χ0v) is 8.48. The van der Waals surface area contributed by atoms with Gasteiger partial charge in [0.2, 0.25) is 5.88 Å². The van der Waals surface area contributed by atoms with E-state index in [0.717, 1.165) is 0 Å². The van der Waals surface area contributed by atoms with Crippen molar-refractivity contribution in [2.45, 2.75) is 26.4 Å². The molecule has 0 N–H and O–H groups in total. The number of pyridine rings is 1. The summed E-state index contributed by atoms with van der Waals surface area (Å²) >= 11 is 0. The van der Waals surface area contributed by atoms with Gasteiger partial charge >= 0.3 is 6.16 Å². The van der Waals surface area contributed by atoms with Crippen molar-refractivity contribution in [2.75, 3.05) is 0 Å². The molecule has 0 saturated heterocycles. The zero-order chi connectivity index (χ0) is 10.6. The lowest BCUT2D eigenvalue weighted by Gasteiger charge is -2.18. The van der Waals surface area contributed by atoms with Crippen LogP contribution >= 0.6 is 0 Å². The summed E-state index contributed by atoms with van der Waals surface area (Å²) in [6.07, 6.45) is 0.802. The number of ether oxygens (including phenoxy) is 2. The fourth-order valence-electron chi connectivity index (χ4n) is 0.764. The van der Waals surface area contributed by atoms with E-state index in [-0.39, 0.29) is 5.88 Å². The summed E-state index contributed by atoms with van der Waals surface area (Å²) in [5.41, 5.74) is -0.550. The maximum atomic E-state index is 11.1. The second-order valence-corrected chi connectivity index (χ2v) is 3.73. The number of hydrogen-bond donors (Lipinski definition) is 0. The highest BCUT2D eigenvalue weighted by molar-refractivity contribution is 5.63. The van der Waals surface area contributed by atoms with Crippen molar-refractivity contribution >= 4 is 6.16 Å². The molecule has 0 aliphatic heterocycles. The van der Waals surface area contributed by atoms with Crippen LogP contribution in [0.4, 0.5) is 4.79 Å². The second kappa shape index (κ2) is 4.09. The van der Waals surface area contributed by atoms with Crippen LogP contribution in [0.25, 0.3) is 0 Å². The first-order valence-corrected chi connectivity index (χ1v) is 4.29. The van der Waals surface area contributed by atoms with Crippen LogP contribution in [-0.2, 0) is 4.74 Å². The lowest BCUT2D eigenvalue weighted by molar-refractivity contribution is 0.0197. The third kappa shape index (κ3) is 3.89. The third-order valence-corrected chi connectivity index (χ3v) is 1.22. The summed E-state index contributed by atoms with van der Waals surface area (Å²) in [6, 6.07) is 5.05. The monoisotopic (exact) mass is 195 g/mol. The van der Waals surface area contributed by atoms with Gasteiger partial charge < -0.3 is 9.47 Å². The summed E-state index contributed by atoms with van der Waals surface area (Å²) in [6.45, 7) is 5.31. The smallest absolute Gasteiger partial charge is 0.428 e. The molecule has 0 amide bonds. The number of rotatable bonds is 1. The van der Waals surface area contributed by atoms with E-state index >= 15 is 0 Å². The van der Waals surface area contributed by atoms with Gasteiger partial charge in [-0.1, -0.05) is 6.07 Å². The SMILES string of the molecule is CC(C)(C)OC(=O)Oc1ccccn1. The lowest BCUT2D eigenvalue weighted by atomic mass is 10.2. The van der Waals surface area contributed by atoms with Gasteiger partial charge in [0.1, 0.15) is 5.60 Å². The number of carbonyl (C=O) groups is 1. The summed E-state index contributed by atoms with van der Waals surface area (Å²) < 4.78 is 9.76. The van der Waals surface area contributed by atoms with Gasteiger partial charge in [0, 0.05) is 12.3 Å². The fourth-order valence-corrected chi connectivity index (χ4v) is 0.764. The van der Waals surface area contributed by atoms with E-state index in [9.17, 15) is 4.79 Å². The molecule has 1 heterocycles. The zero-order valence-electron chi connectivity index (χ0n) is 8.48. The standard InChI is InChI=1S/C10H13NO3/c1-10(2,3)14-9(12)13-8-6-4-5-7-11-8/h4-7H,1-3H3. The van der Waals surface area contributed by atoms with Crippen LogP contribution in [0, 0.1) is 0 Å². The van der Waals surface area contributed by atoms with Gasteiger partial charge in [-0.3, -0.25) is 0 Å². The number of nitrogens with zero attached hydrogens (tertiary/aromatic N) is 1. The van der Waals surface area contributed by atoms with Crippen LogP contribution in [0.2, 0.25) is 0 Å². The van der Waals surface area contributed by atoms with E-state index in [1.807, 2.05) is 0 Å². The number of carbonyl (C=O) groups excluding carboxylic acids is 1. The maximum Gasteiger partial charge on any atom is 0.515 e. The quantitative estimate of drug-likeness (QED) is 0.645. The number of aromatic nitrogens is 1. The van der Waals surface area contributed by atoms with Gasteiger partial charge in [0.05, 0.1) is 0 Å². The van der Waals surface area contributed by atoms with Crippen molar-refractivity contribution in [3.8, 4) is 5.88 Å². The summed E-state index contributed by atoms with van der Waals surface area (Å²) in [5, 5.41) is 0. The maximum absolute atomic E-state index is 11.1. The van der Waals surface area contributed by atoms with E-state index in [0.29, 0.717) is 0 Å². The van der Waals surface area contributed by atoms with Gasteiger partial charge in [-0.2, -0.15) is 0 Å². The van der Waals surface area contributed by atoms with E-state index in [4.69, 9.17) is 9.47 Å². The Bertz CT molecular complexity index is 303. The van der Waals surface area contributed by atoms with Crippen LogP contribution < -0.4 is 4.74 Å². The minimum absolute atomic E-state index is 0.238. The fraction of sp³-hybridized carbons (Fsp3) is 0.400. The van der Waals surface area contributed by atoms with E-state index in [1.54, 1.807) is 45.2 Å². The summed E-state index contributed by atoms with van der Waals surface area (Å²) in [7, 11) is 0.